The molecule has 0 aliphatic carbocycles. The number of hydrazone groups is 1. The molecule has 3 rings (SSSR count). The van der Waals surface area contributed by atoms with Gasteiger partial charge in [-0.25, -0.2) is 14.2 Å². The Bertz CT molecular complexity index is 1240. The molecule has 0 aliphatic rings. The Morgan fingerprint density at radius 3 is 2.70 bits per heavy atom. The molecule has 168 valence electrons. The number of amides is 1. The maximum atomic E-state index is 14.0. The van der Waals surface area contributed by atoms with Crippen LogP contribution in [-0.4, -0.2) is 18.7 Å². The summed E-state index contributed by atoms with van der Waals surface area (Å²) in [6.07, 6.45) is 1.36. The van der Waals surface area contributed by atoms with Gasteiger partial charge < -0.3 is 9.47 Å². The second-order valence-corrected chi connectivity index (χ2v) is 7.54. The van der Waals surface area contributed by atoms with Crippen molar-refractivity contribution in [1.82, 2.24) is 5.43 Å². The number of hydrogen-bond acceptors (Lipinski definition) is 5. The first-order valence-corrected chi connectivity index (χ1v) is 10.6. The summed E-state index contributed by atoms with van der Waals surface area (Å²) in [7, 11) is 0. The second-order valence-electron chi connectivity index (χ2n) is 6.69. The first-order valence-electron chi connectivity index (χ1n) is 9.78. The molecule has 0 aromatic heterocycles. The highest BCUT2D eigenvalue weighted by atomic mass is 79.9. The molecule has 0 radical (unpaired) electrons. The summed E-state index contributed by atoms with van der Waals surface area (Å²) in [5, 5.41) is 12.6. The van der Waals surface area contributed by atoms with Crippen molar-refractivity contribution in [3.8, 4) is 17.6 Å². The van der Waals surface area contributed by atoms with Crippen LogP contribution >= 0.6 is 15.9 Å². The molecule has 3 aromatic rings. The van der Waals surface area contributed by atoms with Gasteiger partial charge in [-0.1, -0.05) is 12.1 Å². The molecule has 6 nitrogen and oxygen atoms in total. The van der Waals surface area contributed by atoms with Crippen LogP contribution in [0, 0.1) is 23.0 Å². The van der Waals surface area contributed by atoms with E-state index in [0.717, 1.165) is 6.07 Å². The average molecular weight is 514 g/mol. The van der Waals surface area contributed by atoms with E-state index >= 15 is 0 Å². The molecule has 0 saturated carbocycles. The second kappa shape index (κ2) is 11.2. The molecule has 0 saturated heterocycles. The van der Waals surface area contributed by atoms with Gasteiger partial charge in [0.25, 0.3) is 5.91 Å². The van der Waals surface area contributed by atoms with Gasteiger partial charge >= 0.3 is 0 Å². The highest BCUT2D eigenvalue weighted by molar-refractivity contribution is 9.10. The number of benzene rings is 3. The van der Waals surface area contributed by atoms with E-state index in [1.807, 2.05) is 6.92 Å². The molecule has 0 bridgehead atoms. The quantitative estimate of drug-likeness (QED) is 0.325. The van der Waals surface area contributed by atoms with E-state index in [1.165, 1.54) is 30.5 Å². The van der Waals surface area contributed by atoms with Gasteiger partial charge in [0.1, 0.15) is 18.2 Å². The predicted molar refractivity (Wildman–Crippen MR) is 122 cm³/mol. The van der Waals surface area contributed by atoms with E-state index in [-0.39, 0.29) is 23.6 Å². The number of carbonyl (C=O) groups excluding carboxylic acids is 1. The minimum absolute atomic E-state index is 0.112. The Morgan fingerprint density at radius 2 is 2.00 bits per heavy atom. The fourth-order valence-electron chi connectivity index (χ4n) is 2.84. The van der Waals surface area contributed by atoms with Crippen LogP contribution in [-0.2, 0) is 6.61 Å². The largest absolute Gasteiger partial charge is 0.490 e. The lowest BCUT2D eigenvalue weighted by Gasteiger charge is -2.14. The van der Waals surface area contributed by atoms with Crippen LogP contribution in [0.3, 0.4) is 0 Å². The highest BCUT2D eigenvalue weighted by Gasteiger charge is 2.14. The van der Waals surface area contributed by atoms with Gasteiger partial charge in [-0.3, -0.25) is 4.79 Å². The number of carbonyl (C=O) groups is 1. The Morgan fingerprint density at radius 1 is 1.18 bits per heavy atom. The van der Waals surface area contributed by atoms with Crippen LogP contribution in [0.5, 0.6) is 11.5 Å². The third-order valence-corrected chi connectivity index (χ3v) is 4.92. The van der Waals surface area contributed by atoms with Crippen molar-refractivity contribution in [3.63, 3.8) is 0 Å². The lowest BCUT2D eigenvalue weighted by molar-refractivity contribution is 0.0951. The molecular weight excluding hydrogens is 496 g/mol. The number of hydrogen-bond donors (Lipinski definition) is 1. The van der Waals surface area contributed by atoms with Gasteiger partial charge in [0, 0.05) is 0 Å². The summed E-state index contributed by atoms with van der Waals surface area (Å²) in [5.41, 5.74) is 3.36. The van der Waals surface area contributed by atoms with E-state index in [2.05, 4.69) is 26.5 Å². The van der Waals surface area contributed by atoms with E-state index in [4.69, 9.17) is 14.7 Å². The number of nitrogens with zero attached hydrogens (tertiary/aromatic N) is 2. The third kappa shape index (κ3) is 6.37. The smallest absolute Gasteiger partial charge is 0.274 e. The number of rotatable bonds is 8. The van der Waals surface area contributed by atoms with Crippen LogP contribution in [0.15, 0.2) is 64.2 Å². The zero-order chi connectivity index (χ0) is 23.8. The monoisotopic (exact) mass is 513 g/mol. The molecule has 0 heterocycles. The Labute approximate surface area is 197 Å². The SMILES string of the molecule is CCOc1cc(/C=N\NC(=O)c2ccc(C#N)cc2F)cc(Br)c1OCc1cccc(F)c1. The molecule has 3 aromatic carbocycles. The molecule has 0 atom stereocenters. The van der Waals surface area contributed by atoms with Crippen LogP contribution in [0.2, 0.25) is 0 Å². The fourth-order valence-corrected chi connectivity index (χ4v) is 3.42. The lowest BCUT2D eigenvalue weighted by Crippen LogP contribution is -2.19. The lowest BCUT2D eigenvalue weighted by atomic mass is 10.1. The van der Waals surface area contributed by atoms with Crippen molar-refractivity contribution in [2.75, 3.05) is 6.61 Å². The molecule has 1 N–H and O–H groups in total. The van der Waals surface area contributed by atoms with E-state index in [1.54, 1.807) is 30.3 Å². The van der Waals surface area contributed by atoms with Gasteiger partial charge in [-0.05, 0) is 76.4 Å². The minimum Gasteiger partial charge on any atom is -0.490 e. The molecule has 0 unspecified atom stereocenters. The van der Waals surface area contributed by atoms with E-state index < -0.39 is 11.7 Å². The van der Waals surface area contributed by atoms with Crippen LogP contribution in [0.4, 0.5) is 8.78 Å². The van der Waals surface area contributed by atoms with Gasteiger partial charge in [0.05, 0.1) is 34.5 Å². The first-order chi connectivity index (χ1) is 15.9. The van der Waals surface area contributed by atoms with Crippen molar-refractivity contribution < 1.29 is 23.0 Å². The normalized spacial score (nSPS) is 10.6. The molecule has 0 aliphatic heterocycles. The highest BCUT2D eigenvalue weighted by Crippen LogP contribution is 2.37. The summed E-state index contributed by atoms with van der Waals surface area (Å²) in [6.45, 7) is 2.32. The molecular formula is C24H18BrF2N3O3. The van der Waals surface area contributed by atoms with Gasteiger partial charge in [0.15, 0.2) is 11.5 Å². The summed E-state index contributed by atoms with van der Waals surface area (Å²) in [4.78, 5) is 12.2. The summed E-state index contributed by atoms with van der Waals surface area (Å²) < 4.78 is 39.4. The Hall–Kier alpha value is -3.77. The van der Waals surface area contributed by atoms with Gasteiger partial charge in [-0.15, -0.1) is 0 Å². The summed E-state index contributed by atoms with van der Waals surface area (Å²) in [6, 6.07) is 14.8. The third-order valence-electron chi connectivity index (χ3n) is 4.33. The zero-order valence-electron chi connectivity index (χ0n) is 17.4. The van der Waals surface area contributed by atoms with Crippen molar-refractivity contribution in [1.29, 1.82) is 5.26 Å². The van der Waals surface area contributed by atoms with E-state index in [0.29, 0.717) is 33.7 Å². The molecule has 0 spiro atoms. The molecule has 9 heteroatoms. The Kier molecular flexibility index (Phi) is 8.11. The standard InChI is InChI=1S/C24H18BrF2N3O3/c1-2-32-22-11-17(9-20(25)23(22)33-14-16-4-3-5-18(26)8-16)13-29-30-24(31)19-7-6-15(12-28)10-21(19)27/h3-11,13H,2,14H2,1H3,(H,30,31)/b29-13-. The first kappa shape index (κ1) is 23.9. The summed E-state index contributed by atoms with van der Waals surface area (Å²) in [5.74, 6) is -1.07. The number of nitriles is 1. The van der Waals surface area contributed by atoms with Crippen molar-refractivity contribution in [3.05, 3.63) is 93.0 Å². The predicted octanol–water partition coefficient (Wildman–Crippen LogP) is 5.34. The molecule has 0 fully saturated rings. The molecule has 1 amide bonds. The number of ether oxygens (including phenoxy) is 2. The summed E-state index contributed by atoms with van der Waals surface area (Å²) >= 11 is 3.43. The van der Waals surface area contributed by atoms with Crippen LogP contribution in [0.1, 0.15) is 34.0 Å². The number of halogens is 3. The van der Waals surface area contributed by atoms with E-state index in [9.17, 15) is 13.6 Å². The average Bonchev–Trinajstić information content (AvgIpc) is 2.78. The molecule has 33 heavy (non-hydrogen) atoms. The maximum absolute atomic E-state index is 14.0. The Balaban J connectivity index is 1.73. The van der Waals surface area contributed by atoms with Crippen molar-refractivity contribution in [2.45, 2.75) is 13.5 Å². The van der Waals surface area contributed by atoms with Crippen molar-refractivity contribution >= 4 is 28.1 Å². The van der Waals surface area contributed by atoms with Gasteiger partial charge in [0.2, 0.25) is 0 Å². The van der Waals surface area contributed by atoms with Gasteiger partial charge in [-0.2, -0.15) is 10.4 Å². The van der Waals surface area contributed by atoms with Crippen LogP contribution < -0.4 is 14.9 Å². The zero-order valence-corrected chi connectivity index (χ0v) is 19.0. The number of nitrogens with one attached hydrogen (secondary N) is 1. The topological polar surface area (TPSA) is 83.7 Å². The van der Waals surface area contributed by atoms with Crippen LogP contribution in [0.25, 0.3) is 0 Å². The fraction of sp³-hybridized carbons (Fsp3) is 0.125. The van der Waals surface area contributed by atoms with Crippen molar-refractivity contribution in [2.24, 2.45) is 5.10 Å². The maximum Gasteiger partial charge on any atom is 0.274 e. The minimum atomic E-state index is -0.817.